The Morgan fingerprint density at radius 2 is 2.12 bits per heavy atom. The minimum atomic E-state index is 0.315. The smallest absolute Gasteiger partial charge is 0.0944 e. The lowest BCUT2D eigenvalue weighted by Crippen LogP contribution is -2.39. The number of aryl methyl sites for hydroxylation is 1. The van der Waals surface area contributed by atoms with Crippen LogP contribution in [0.25, 0.3) is 0 Å². The lowest BCUT2D eigenvalue weighted by Gasteiger charge is -2.30. The molecule has 0 radical (unpaired) electrons. The van der Waals surface area contributed by atoms with Crippen LogP contribution in [0.3, 0.4) is 0 Å². The zero-order chi connectivity index (χ0) is 13.1. The molecule has 2 atom stereocenters. The van der Waals surface area contributed by atoms with Crippen LogP contribution in [-0.2, 0) is 6.42 Å². The molecule has 1 rings (SSSR count). The second-order valence-electron chi connectivity index (χ2n) is 5.95. The number of rotatable bonds is 5. The first-order valence-electron chi connectivity index (χ1n) is 6.20. The van der Waals surface area contributed by atoms with Crippen LogP contribution < -0.4 is 11.3 Å². The molecule has 0 fully saturated rings. The summed E-state index contributed by atoms with van der Waals surface area (Å²) >= 11 is 1.72. The van der Waals surface area contributed by atoms with Crippen molar-refractivity contribution < 1.29 is 0 Å². The molecule has 98 valence electrons. The molecule has 3 nitrogen and oxygen atoms in total. The van der Waals surface area contributed by atoms with Crippen molar-refractivity contribution in [3.8, 4) is 0 Å². The Bertz CT molecular complexity index is 341. The standard InChI is InChI=1S/C13H25N3S/c1-9(13(3,4)5)6-11(16-14)7-12-15-10(2)8-17-12/h8-9,11,16H,6-7,14H2,1-5H3. The Kier molecular flexibility index (Phi) is 5.10. The zero-order valence-corrected chi connectivity index (χ0v) is 12.4. The lowest BCUT2D eigenvalue weighted by atomic mass is 9.78. The van der Waals surface area contributed by atoms with E-state index in [1.54, 1.807) is 11.3 Å². The zero-order valence-electron chi connectivity index (χ0n) is 11.6. The molecule has 0 spiro atoms. The van der Waals surface area contributed by atoms with E-state index < -0.39 is 0 Å². The van der Waals surface area contributed by atoms with Crippen molar-refractivity contribution in [2.75, 3.05) is 0 Å². The summed E-state index contributed by atoms with van der Waals surface area (Å²) in [6.45, 7) is 11.1. The predicted molar refractivity (Wildman–Crippen MR) is 74.9 cm³/mol. The molecule has 0 amide bonds. The Hall–Kier alpha value is -0.450. The Balaban J connectivity index is 2.55. The van der Waals surface area contributed by atoms with Gasteiger partial charge in [0, 0.05) is 23.5 Å². The van der Waals surface area contributed by atoms with Gasteiger partial charge in [0.2, 0.25) is 0 Å². The molecular weight excluding hydrogens is 230 g/mol. The summed E-state index contributed by atoms with van der Waals surface area (Å²) in [5.74, 6) is 6.28. The summed E-state index contributed by atoms with van der Waals surface area (Å²) in [4.78, 5) is 4.49. The number of hydrogen-bond donors (Lipinski definition) is 2. The summed E-state index contributed by atoms with van der Waals surface area (Å²) in [5, 5.41) is 3.27. The van der Waals surface area contributed by atoms with Gasteiger partial charge in [-0.05, 0) is 24.7 Å². The molecule has 0 saturated carbocycles. The normalized spacial score (nSPS) is 15.9. The van der Waals surface area contributed by atoms with E-state index in [2.05, 4.69) is 43.5 Å². The summed E-state index contributed by atoms with van der Waals surface area (Å²) in [6.07, 6.45) is 2.01. The molecule has 17 heavy (non-hydrogen) atoms. The van der Waals surface area contributed by atoms with Crippen LogP contribution in [0, 0.1) is 18.3 Å². The second kappa shape index (κ2) is 5.94. The van der Waals surface area contributed by atoms with E-state index in [1.165, 1.54) is 5.01 Å². The number of hydrazine groups is 1. The first kappa shape index (κ1) is 14.6. The van der Waals surface area contributed by atoms with E-state index in [-0.39, 0.29) is 0 Å². The van der Waals surface area contributed by atoms with Crippen molar-refractivity contribution in [3.05, 3.63) is 16.1 Å². The quantitative estimate of drug-likeness (QED) is 0.628. The van der Waals surface area contributed by atoms with Crippen molar-refractivity contribution in [1.29, 1.82) is 0 Å². The number of thiazole rings is 1. The van der Waals surface area contributed by atoms with Crippen LogP contribution in [0.15, 0.2) is 5.38 Å². The van der Waals surface area contributed by atoms with Crippen LogP contribution in [0.4, 0.5) is 0 Å². The fourth-order valence-electron chi connectivity index (χ4n) is 1.70. The van der Waals surface area contributed by atoms with Gasteiger partial charge in [-0.25, -0.2) is 4.98 Å². The first-order chi connectivity index (χ1) is 7.82. The molecule has 1 aromatic rings. The van der Waals surface area contributed by atoms with Crippen LogP contribution in [0.2, 0.25) is 0 Å². The van der Waals surface area contributed by atoms with Crippen LogP contribution in [0.5, 0.6) is 0 Å². The number of nitrogens with two attached hydrogens (primary N) is 1. The van der Waals surface area contributed by atoms with Crippen molar-refractivity contribution in [2.45, 2.75) is 53.5 Å². The van der Waals surface area contributed by atoms with Crippen molar-refractivity contribution >= 4 is 11.3 Å². The molecular formula is C13H25N3S. The molecule has 0 aliphatic carbocycles. The highest BCUT2D eigenvalue weighted by Crippen LogP contribution is 2.29. The molecule has 2 unspecified atom stereocenters. The highest BCUT2D eigenvalue weighted by molar-refractivity contribution is 7.09. The molecule has 0 saturated heterocycles. The van der Waals surface area contributed by atoms with Gasteiger partial charge in [-0.2, -0.15) is 0 Å². The average molecular weight is 255 g/mol. The molecule has 1 heterocycles. The topological polar surface area (TPSA) is 50.9 Å². The number of nitrogens with zero attached hydrogens (tertiary/aromatic N) is 1. The molecule has 3 N–H and O–H groups in total. The fraction of sp³-hybridized carbons (Fsp3) is 0.769. The maximum absolute atomic E-state index is 5.65. The third-order valence-corrected chi connectivity index (χ3v) is 4.43. The molecule has 0 aromatic carbocycles. The summed E-state index contributed by atoms with van der Waals surface area (Å²) in [5.41, 5.74) is 4.36. The van der Waals surface area contributed by atoms with Gasteiger partial charge in [-0.1, -0.05) is 27.7 Å². The highest BCUT2D eigenvalue weighted by Gasteiger charge is 2.23. The molecule has 4 heteroatoms. The van der Waals surface area contributed by atoms with Gasteiger partial charge in [-0.15, -0.1) is 11.3 Å². The van der Waals surface area contributed by atoms with Crippen molar-refractivity contribution in [3.63, 3.8) is 0 Å². The Morgan fingerprint density at radius 1 is 1.47 bits per heavy atom. The molecule has 0 aliphatic rings. The largest absolute Gasteiger partial charge is 0.271 e. The average Bonchev–Trinajstić information content (AvgIpc) is 2.61. The second-order valence-corrected chi connectivity index (χ2v) is 6.90. The van der Waals surface area contributed by atoms with Gasteiger partial charge in [0.1, 0.15) is 0 Å². The number of hydrogen-bond acceptors (Lipinski definition) is 4. The van der Waals surface area contributed by atoms with E-state index in [9.17, 15) is 0 Å². The Morgan fingerprint density at radius 3 is 2.53 bits per heavy atom. The maximum Gasteiger partial charge on any atom is 0.0944 e. The van der Waals surface area contributed by atoms with Gasteiger partial charge in [-0.3, -0.25) is 11.3 Å². The summed E-state index contributed by atoms with van der Waals surface area (Å²) in [7, 11) is 0. The van der Waals surface area contributed by atoms with Gasteiger partial charge in [0.25, 0.3) is 0 Å². The monoisotopic (exact) mass is 255 g/mol. The van der Waals surface area contributed by atoms with Gasteiger partial charge in [0.15, 0.2) is 0 Å². The number of nitrogens with one attached hydrogen (secondary N) is 1. The summed E-state index contributed by atoms with van der Waals surface area (Å²) < 4.78 is 0. The molecule has 1 aromatic heterocycles. The molecule has 0 aliphatic heterocycles. The van der Waals surface area contributed by atoms with E-state index in [4.69, 9.17) is 5.84 Å². The van der Waals surface area contributed by atoms with Crippen molar-refractivity contribution in [2.24, 2.45) is 17.2 Å². The van der Waals surface area contributed by atoms with Crippen LogP contribution >= 0.6 is 11.3 Å². The fourth-order valence-corrected chi connectivity index (χ4v) is 2.55. The molecule has 0 bridgehead atoms. The minimum absolute atomic E-state index is 0.315. The summed E-state index contributed by atoms with van der Waals surface area (Å²) in [6, 6.07) is 0.315. The van der Waals surface area contributed by atoms with Gasteiger partial charge >= 0.3 is 0 Å². The first-order valence-corrected chi connectivity index (χ1v) is 7.08. The van der Waals surface area contributed by atoms with E-state index >= 15 is 0 Å². The van der Waals surface area contributed by atoms with Crippen LogP contribution in [-0.4, -0.2) is 11.0 Å². The Labute approximate surface area is 109 Å². The van der Waals surface area contributed by atoms with E-state index in [0.29, 0.717) is 17.4 Å². The SMILES string of the molecule is Cc1csc(CC(CC(C)C(C)(C)C)NN)n1. The van der Waals surface area contributed by atoms with Crippen LogP contribution in [0.1, 0.15) is 44.8 Å². The lowest BCUT2D eigenvalue weighted by molar-refractivity contribution is 0.222. The van der Waals surface area contributed by atoms with E-state index in [0.717, 1.165) is 18.5 Å². The third kappa shape index (κ3) is 4.74. The van der Waals surface area contributed by atoms with Crippen molar-refractivity contribution in [1.82, 2.24) is 10.4 Å². The maximum atomic E-state index is 5.65. The minimum Gasteiger partial charge on any atom is -0.271 e. The predicted octanol–water partition coefficient (Wildman–Crippen LogP) is 2.90. The number of aromatic nitrogens is 1. The third-order valence-electron chi connectivity index (χ3n) is 3.44. The highest BCUT2D eigenvalue weighted by atomic mass is 32.1. The van der Waals surface area contributed by atoms with Gasteiger partial charge in [0.05, 0.1) is 5.01 Å². The van der Waals surface area contributed by atoms with Gasteiger partial charge < -0.3 is 0 Å². The van der Waals surface area contributed by atoms with E-state index in [1.807, 2.05) is 6.92 Å².